The molecule has 0 saturated heterocycles. The standard InChI is InChI=1S/C16H17BrFNO2/c17-15-6-5-13(18)10-16(15)21-8-2-7-20-14-4-1-3-12(9-14)11-19/h1,3-6,9-10H,2,7-8,11,19H2. The van der Waals surface area contributed by atoms with Gasteiger partial charge in [-0.1, -0.05) is 12.1 Å². The topological polar surface area (TPSA) is 44.5 Å². The van der Waals surface area contributed by atoms with Crippen LogP contribution in [0.1, 0.15) is 12.0 Å². The van der Waals surface area contributed by atoms with E-state index in [1.807, 2.05) is 24.3 Å². The Kier molecular flexibility index (Phi) is 6.02. The van der Waals surface area contributed by atoms with Crippen molar-refractivity contribution in [3.63, 3.8) is 0 Å². The maximum absolute atomic E-state index is 13.1. The van der Waals surface area contributed by atoms with Crippen LogP contribution in [-0.4, -0.2) is 13.2 Å². The second-order valence-electron chi connectivity index (χ2n) is 4.48. The minimum Gasteiger partial charge on any atom is -0.493 e. The summed E-state index contributed by atoms with van der Waals surface area (Å²) in [6.45, 7) is 1.48. The van der Waals surface area contributed by atoms with Crippen molar-refractivity contribution in [3.05, 3.63) is 58.3 Å². The Morgan fingerprint density at radius 2 is 1.86 bits per heavy atom. The number of ether oxygens (including phenoxy) is 2. The first-order valence-electron chi connectivity index (χ1n) is 6.68. The van der Waals surface area contributed by atoms with Gasteiger partial charge in [-0.05, 0) is 45.8 Å². The third-order valence-electron chi connectivity index (χ3n) is 2.84. The van der Waals surface area contributed by atoms with Crippen molar-refractivity contribution in [2.24, 2.45) is 5.73 Å². The number of hydrogen-bond donors (Lipinski definition) is 1. The molecule has 112 valence electrons. The van der Waals surface area contributed by atoms with Gasteiger partial charge in [-0.25, -0.2) is 4.39 Å². The first-order valence-corrected chi connectivity index (χ1v) is 7.48. The van der Waals surface area contributed by atoms with Gasteiger partial charge in [0.1, 0.15) is 17.3 Å². The SMILES string of the molecule is NCc1cccc(OCCCOc2cc(F)ccc2Br)c1. The highest BCUT2D eigenvalue weighted by atomic mass is 79.9. The van der Waals surface area contributed by atoms with Crippen molar-refractivity contribution in [1.82, 2.24) is 0 Å². The minimum absolute atomic E-state index is 0.317. The highest BCUT2D eigenvalue weighted by Crippen LogP contribution is 2.25. The van der Waals surface area contributed by atoms with Gasteiger partial charge >= 0.3 is 0 Å². The third kappa shape index (κ3) is 5.02. The van der Waals surface area contributed by atoms with E-state index < -0.39 is 0 Å². The molecule has 0 spiro atoms. The van der Waals surface area contributed by atoms with Crippen LogP contribution in [0.3, 0.4) is 0 Å². The van der Waals surface area contributed by atoms with Crippen molar-refractivity contribution in [2.45, 2.75) is 13.0 Å². The molecular formula is C16H17BrFNO2. The van der Waals surface area contributed by atoms with E-state index in [1.54, 1.807) is 6.07 Å². The van der Waals surface area contributed by atoms with Gasteiger partial charge in [0.2, 0.25) is 0 Å². The van der Waals surface area contributed by atoms with Gasteiger partial charge < -0.3 is 15.2 Å². The Labute approximate surface area is 132 Å². The molecule has 5 heteroatoms. The third-order valence-corrected chi connectivity index (χ3v) is 3.50. The molecule has 0 radical (unpaired) electrons. The summed E-state index contributed by atoms with van der Waals surface area (Å²) in [5.41, 5.74) is 6.61. The van der Waals surface area contributed by atoms with E-state index in [0.29, 0.717) is 31.9 Å². The van der Waals surface area contributed by atoms with Gasteiger partial charge in [-0.15, -0.1) is 0 Å². The quantitative estimate of drug-likeness (QED) is 0.767. The molecule has 0 fully saturated rings. The van der Waals surface area contributed by atoms with Crippen LogP contribution in [0.15, 0.2) is 46.9 Å². The molecule has 0 bridgehead atoms. The minimum atomic E-state index is -0.317. The summed E-state index contributed by atoms with van der Waals surface area (Å²) in [6, 6.07) is 12.0. The van der Waals surface area contributed by atoms with E-state index in [1.165, 1.54) is 12.1 Å². The van der Waals surface area contributed by atoms with Crippen molar-refractivity contribution < 1.29 is 13.9 Å². The molecule has 2 rings (SSSR count). The largest absolute Gasteiger partial charge is 0.493 e. The van der Waals surface area contributed by atoms with E-state index in [9.17, 15) is 4.39 Å². The highest BCUT2D eigenvalue weighted by Gasteiger charge is 2.03. The van der Waals surface area contributed by atoms with Gasteiger partial charge in [0.05, 0.1) is 17.7 Å². The normalized spacial score (nSPS) is 10.4. The Morgan fingerprint density at radius 3 is 2.67 bits per heavy atom. The predicted molar refractivity (Wildman–Crippen MR) is 84.0 cm³/mol. The predicted octanol–water partition coefficient (Wildman–Crippen LogP) is 3.89. The van der Waals surface area contributed by atoms with Crippen LogP contribution < -0.4 is 15.2 Å². The van der Waals surface area contributed by atoms with E-state index >= 15 is 0 Å². The molecule has 0 heterocycles. The summed E-state index contributed by atoms with van der Waals surface area (Å²) in [4.78, 5) is 0. The molecule has 2 aromatic carbocycles. The lowest BCUT2D eigenvalue weighted by Crippen LogP contribution is -2.06. The molecule has 0 aliphatic carbocycles. The first-order chi connectivity index (χ1) is 10.2. The molecule has 0 amide bonds. The molecule has 0 aliphatic heterocycles. The Hall–Kier alpha value is -1.59. The number of halogens is 2. The summed E-state index contributed by atoms with van der Waals surface area (Å²) in [5.74, 6) is 0.980. The highest BCUT2D eigenvalue weighted by molar-refractivity contribution is 9.10. The fourth-order valence-corrected chi connectivity index (χ4v) is 2.14. The van der Waals surface area contributed by atoms with Gasteiger partial charge in [0.15, 0.2) is 0 Å². The molecule has 2 N–H and O–H groups in total. The lowest BCUT2D eigenvalue weighted by atomic mass is 10.2. The maximum atomic E-state index is 13.1. The van der Waals surface area contributed by atoms with Gasteiger partial charge in [0.25, 0.3) is 0 Å². The molecular weight excluding hydrogens is 337 g/mol. The first kappa shape index (κ1) is 15.8. The summed E-state index contributed by atoms with van der Waals surface area (Å²) in [7, 11) is 0. The number of rotatable bonds is 7. The molecule has 21 heavy (non-hydrogen) atoms. The Morgan fingerprint density at radius 1 is 1.05 bits per heavy atom. The molecule has 0 atom stereocenters. The summed E-state index contributed by atoms with van der Waals surface area (Å²) < 4.78 is 24.9. The summed E-state index contributed by atoms with van der Waals surface area (Å²) in [6.07, 6.45) is 0.704. The fraction of sp³-hybridized carbons (Fsp3) is 0.250. The van der Waals surface area contributed by atoms with E-state index in [-0.39, 0.29) is 5.82 Å². The average molecular weight is 354 g/mol. The molecule has 0 saturated carbocycles. The fourth-order valence-electron chi connectivity index (χ4n) is 1.78. The van der Waals surface area contributed by atoms with Crippen LogP contribution >= 0.6 is 15.9 Å². The number of hydrogen-bond acceptors (Lipinski definition) is 3. The van der Waals surface area contributed by atoms with Gasteiger partial charge in [0, 0.05) is 19.0 Å². The van der Waals surface area contributed by atoms with Gasteiger partial charge in [-0.2, -0.15) is 0 Å². The average Bonchev–Trinajstić information content (AvgIpc) is 2.50. The van der Waals surface area contributed by atoms with E-state index in [0.717, 1.165) is 15.8 Å². The zero-order valence-corrected chi connectivity index (χ0v) is 13.1. The molecule has 0 unspecified atom stereocenters. The Balaban J connectivity index is 1.73. The lowest BCUT2D eigenvalue weighted by molar-refractivity contribution is 0.246. The second-order valence-corrected chi connectivity index (χ2v) is 5.33. The van der Waals surface area contributed by atoms with Crippen LogP contribution in [-0.2, 0) is 6.54 Å². The zero-order valence-electron chi connectivity index (χ0n) is 11.5. The van der Waals surface area contributed by atoms with Gasteiger partial charge in [-0.3, -0.25) is 0 Å². The zero-order chi connectivity index (χ0) is 15.1. The summed E-state index contributed by atoms with van der Waals surface area (Å²) >= 11 is 3.32. The van der Waals surface area contributed by atoms with Crippen molar-refractivity contribution in [3.8, 4) is 11.5 Å². The number of benzene rings is 2. The monoisotopic (exact) mass is 353 g/mol. The van der Waals surface area contributed by atoms with Crippen LogP contribution in [0, 0.1) is 5.82 Å². The lowest BCUT2D eigenvalue weighted by Gasteiger charge is -2.10. The van der Waals surface area contributed by atoms with Crippen LogP contribution in [0.2, 0.25) is 0 Å². The van der Waals surface area contributed by atoms with Crippen LogP contribution in [0.25, 0.3) is 0 Å². The summed E-state index contributed by atoms with van der Waals surface area (Å²) in [5, 5.41) is 0. The van der Waals surface area contributed by atoms with Crippen molar-refractivity contribution in [2.75, 3.05) is 13.2 Å². The second kappa shape index (κ2) is 8.00. The smallest absolute Gasteiger partial charge is 0.136 e. The Bertz CT molecular complexity index is 592. The maximum Gasteiger partial charge on any atom is 0.136 e. The van der Waals surface area contributed by atoms with Crippen LogP contribution in [0.4, 0.5) is 4.39 Å². The molecule has 0 aliphatic rings. The molecule has 0 aromatic heterocycles. The van der Waals surface area contributed by atoms with Crippen LogP contribution in [0.5, 0.6) is 11.5 Å². The number of nitrogens with two attached hydrogens (primary N) is 1. The van der Waals surface area contributed by atoms with Crippen molar-refractivity contribution >= 4 is 15.9 Å². The molecule has 2 aromatic rings. The molecule has 3 nitrogen and oxygen atoms in total. The van der Waals surface area contributed by atoms with E-state index in [4.69, 9.17) is 15.2 Å². The van der Waals surface area contributed by atoms with E-state index in [2.05, 4.69) is 15.9 Å². The van der Waals surface area contributed by atoms with Crippen molar-refractivity contribution in [1.29, 1.82) is 0 Å².